The molecule has 1 heterocycles. The van der Waals surface area contributed by atoms with E-state index in [1.165, 1.54) is 59.4 Å². The fourth-order valence-electron chi connectivity index (χ4n) is 3.18. The van der Waals surface area contributed by atoms with Gasteiger partial charge in [0.05, 0.1) is 21.1 Å². The van der Waals surface area contributed by atoms with Gasteiger partial charge in [-0.25, -0.2) is 4.68 Å². The molecule has 0 amide bonds. The van der Waals surface area contributed by atoms with Crippen molar-refractivity contribution in [1.29, 1.82) is 0 Å². The highest BCUT2D eigenvalue weighted by Gasteiger charge is 2.25. The third-order valence-corrected chi connectivity index (χ3v) is 4.88. The summed E-state index contributed by atoms with van der Waals surface area (Å²) in [4.78, 5) is 47.0. The molecule has 0 bridgehead atoms. The average Bonchev–Trinajstić information content (AvgIpc) is 3.29. The molecule has 0 radical (unpaired) electrons. The summed E-state index contributed by atoms with van der Waals surface area (Å²) in [5, 5.41) is 26.1. The molecule has 4 rings (SSSR count). The SMILES string of the molecule is O=C(c1ccc([N+](=O)[O-])cc1)c1cn(-c2ccccc2)nc1C(=O)c1ccc([N+](=O)[O-])cc1. The Labute approximate surface area is 186 Å². The molecule has 10 heteroatoms. The molecular weight excluding hydrogens is 428 g/mol. The molecule has 0 fully saturated rings. The highest BCUT2D eigenvalue weighted by molar-refractivity contribution is 6.18. The van der Waals surface area contributed by atoms with Crippen LogP contribution in [0.3, 0.4) is 0 Å². The Bertz CT molecular complexity index is 1290. The van der Waals surface area contributed by atoms with E-state index in [0.717, 1.165) is 0 Å². The van der Waals surface area contributed by atoms with E-state index in [2.05, 4.69) is 5.10 Å². The van der Waals surface area contributed by atoms with Crippen LogP contribution in [-0.2, 0) is 0 Å². The van der Waals surface area contributed by atoms with Crippen LogP contribution in [0.2, 0.25) is 0 Å². The van der Waals surface area contributed by atoms with Crippen LogP contribution in [0.4, 0.5) is 11.4 Å². The second-order valence-electron chi connectivity index (χ2n) is 6.94. The number of carbonyl (C=O) groups excluding carboxylic acids is 2. The lowest BCUT2D eigenvalue weighted by Gasteiger charge is -2.02. The number of non-ortho nitro benzene ring substituents is 2. The number of nitro benzene ring substituents is 2. The summed E-state index contributed by atoms with van der Waals surface area (Å²) in [5.41, 5.74) is 0.380. The number of rotatable bonds is 7. The first-order chi connectivity index (χ1) is 15.8. The molecule has 3 aromatic carbocycles. The predicted octanol–water partition coefficient (Wildman–Crippen LogP) is 4.15. The Hall–Kier alpha value is -4.99. The minimum Gasteiger partial charge on any atom is -0.288 e. The van der Waals surface area contributed by atoms with Gasteiger partial charge in [-0.3, -0.25) is 29.8 Å². The molecule has 0 saturated carbocycles. The van der Waals surface area contributed by atoms with Gasteiger partial charge in [0, 0.05) is 41.6 Å². The maximum absolute atomic E-state index is 13.2. The van der Waals surface area contributed by atoms with E-state index < -0.39 is 21.4 Å². The number of para-hydroxylation sites is 1. The maximum Gasteiger partial charge on any atom is 0.269 e. The summed E-state index contributed by atoms with van der Waals surface area (Å²) in [6.07, 6.45) is 1.41. The molecule has 10 nitrogen and oxygen atoms in total. The van der Waals surface area contributed by atoms with E-state index in [1.807, 2.05) is 0 Å². The molecular formula is C23H14N4O6. The van der Waals surface area contributed by atoms with E-state index in [0.29, 0.717) is 5.69 Å². The van der Waals surface area contributed by atoms with Crippen LogP contribution < -0.4 is 0 Å². The van der Waals surface area contributed by atoms with E-state index in [9.17, 15) is 29.8 Å². The quantitative estimate of drug-likeness (QED) is 0.238. The summed E-state index contributed by atoms with van der Waals surface area (Å²) in [5.74, 6) is -1.14. The van der Waals surface area contributed by atoms with Crippen molar-refractivity contribution in [3.8, 4) is 5.69 Å². The first kappa shape index (κ1) is 21.2. The van der Waals surface area contributed by atoms with Gasteiger partial charge in [0.1, 0.15) is 5.69 Å². The van der Waals surface area contributed by atoms with Crippen LogP contribution in [0.5, 0.6) is 0 Å². The number of carbonyl (C=O) groups is 2. The fraction of sp³-hybridized carbons (Fsp3) is 0. The topological polar surface area (TPSA) is 138 Å². The van der Waals surface area contributed by atoms with Gasteiger partial charge in [-0.2, -0.15) is 5.10 Å². The molecule has 0 saturated heterocycles. The molecule has 0 aliphatic heterocycles. The average molecular weight is 442 g/mol. The normalized spacial score (nSPS) is 10.5. The van der Waals surface area contributed by atoms with Crippen LogP contribution in [-0.4, -0.2) is 31.2 Å². The zero-order valence-corrected chi connectivity index (χ0v) is 16.8. The summed E-state index contributed by atoms with van der Waals surface area (Å²) in [6.45, 7) is 0. The van der Waals surface area contributed by atoms with Crippen molar-refractivity contribution < 1.29 is 19.4 Å². The molecule has 33 heavy (non-hydrogen) atoms. The van der Waals surface area contributed by atoms with Crippen molar-refractivity contribution >= 4 is 22.9 Å². The van der Waals surface area contributed by atoms with Gasteiger partial charge < -0.3 is 0 Å². The molecule has 1 aromatic heterocycles. The Morgan fingerprint density at radius 2 is 1.18 bits per heavy atom. The van der Waals surface area contributed by atoms with Crippen molar-refractivity contribution in [2.24, 2.45) is 0 Å². The lowest BCUT2D eigenvalue weighted by molar-refractivity contribution is -0.385. The summed E-state index contributed by atoms with van der Waals surface area (Å²) in [6, 6.07) is 18.8. The van der Waals surface area contributed by atoms with Gasteiger partial charge in [0.15, 0.2) is 5.78 Å². The molecule has 162 valence electrons. The van der Waals surface area contributed by atoms with Gasteiger partial charge in [0.2, 0.25) is 5.78 Å². The van der Waals surface area contributed by atoms with E-state index in [4.69, 9.17) is 0 Å². The minimum absolute atomic E-state index is 0.00365. The van der Waals surface area contributed by atoms with Crippen LogP contribution in [0.25, 0.3) is 5.69 Å². The number of ketones is 2. The largest absolute Gasteiger partial charge is 0.288 e. The molecule has 0 aliphatic carbocycles. The third-order valence-electron chi connectivity index (χ3n) is 4.88. The standard InChI is InChI=1S/C23H14N4O6/c28-22(15-6-10-18(11-7-15)26(30)31)20-14-25(17-4-2-1-3-5-17)24-21(20)23(29)16-8-12-19(13-9-16)27(32)33/h1-14H. The van der Waals surface area contributed by atoms with Crippen molar-refractivity contribution in [2.75, 3.05) is 0 Å². The number of hydrogen-bond donors (Lipinski definition) is 0. The predicted molar refractivity (Wildman–Crippen MR) is 117 cm³/mol. The fourth-order valence-corrected chi connectivity index (χ4v) is 3.18. The highest BCUT2D eigenvalue weighted by Crippen LogP contribution is 2.22. The van der Waals surface area contributed by atoms with E-state index in [1.54, 1.807) is 30.3 Å². The highest BCUT2D eigenvalue weighted by atomic mass is 16.6. The van der Waals surface area contributed by atoms with Crippen molar-refractivity contribution in [3.05, 3.63) is 128 Å². The van der Waals surface area contributed by atoms with Gasteiger partial charge in [-0.15, -0.1) is 0 Å². The number of nitro groups is 2. The lowest BCUT2D eigenvalue weighted by Crippen LogP contribution is -2.10. The smallest absolute Gasteiger partial charge is 0.269 e. The summed E-state index contributed by atoms with van der Waals surface area (Å²) < 4.78 is 1.39. The molecule has 0 spiro atoms. The Morgan fingerprint density at radius 1 is 0.697 bits per heavy atom. The molecule has 0 aliphatic rings. The van der Waals surface area contributed by atoms with Crippen LogP contribution in [0, 0.1) is 20.2 Å². The molecule has 0 atom stereocenters. The van der Waals surface area contributed by atoms with Crippen LogP contribution >= 0.6 is 0 Å². The van der Waals surface area contributed by atoms with E-state index >= 15 is 0 Å². The number of nitrogens with zero attached hydrogens (tertiary/aromatic N) is 4. The summed E-state index contributed by atoms with van der Waals surface area (Å²) >= 11 is 0. The minimum atomic E-state index is -0.593. The second kappa shape index (κ2) is 8.63. The number of hydrogen-bond acceptors (Lipinski definition) is 7. The molecule has 0 N–H and O–H groups in total. The van der Waals surface area contributed by atoms with Crippen molar-refractivity contribution in [2.45, 2.75) is 0 Å². The number of aromatic nitrogens is 2. The first-order valence-corrected chi connectivity index (χ1v) is 9.58. The lowest BCUT2D eigenvalue weighted by atomic mass is 9.99. The van der Waals surface area contributed by atoms with Gasteiger partial charge in [-0.1, -0.05) is 18.2 Å². The van der Waals surface area contributed by atoms with Crippen molar-refractivity contribution in [3.63, 3.8) is 0 Å². The Morgan fingerprint density at radius 3 is 1.67 bits per heavy atom. The third kappa shape index (κ3) is 4.26. The maximum atomic E-state index is 13.2. The van der Waals surface area contributed by atoms with E-state index in [-0.39, 0.29) is 33.8 Å². The van der Waals surface area contributed by atoms with Crippen LogP contribution in [0.1, 0.15) is 32.0 Å². The van der Waals surface area contributed by atoms with Gasteiger partial charge in [-0.05, 0) is 36.4 Å². The zero-order chi connectivity index (χ0) is 23.5. The first-order valence-electron chi connectivity index (χ1n) is 9.58. The monoisotopic (exact) mass is 442 g/mol. The zero-order valence-electron chi connectivity index (χ0n) is 16.8. The van der Waals surface area contributed by atoms with Crippen LogP contribution in [0.15, 0.2) is 85.1 Å². The molecule has 4 aromatic rings. The number of benzene rings is 3. The second-order valence-corrected chi connectivity index (χ2v) is 6.94. The summed E-state index contributed by atoms with van der Waals surface area (Å²) in [7, 11) is 0. The van der Waals surface area contributed by atoms with Gasteiger partial charge in [0.25, 0.3) is 11.4 Å². The van der Waals surface area contributed by atoms with Gasteiger partial charge >= 0.3 is 0 Å². The molecule has 0 unspecified atom stereocenters. The van der Waals surface area contributed by atoms with Crippen molar-refractivity contribution in [1.82, 2.24) is 9.78 Å². The Kier molecular flexibility index (Phi) is 5.56. The Balaban J connectivity index is 1.78.